The lowest BCUT2D eigenvalue weighted by molar-refractivity contribution is -0.0553. The standard InChI is InChI=1S/C29H34N2O3S/c1-21-9-11-23(12-10-21)24-13-15-25(16-14-24)29-26-19-30(17-5-6-18-31(26)27(29)20-32)35(33,34)28-8-4-3-7-22(28)2/h3-4,7-16,26-27,29,32H,5-6,17-20H2,1-2H3/t26-,27-,29-/m0/s1. The fraction of sp³-hybridized carbons (Fsp3) is 0.379. The van der Waals surface area contributed by atoms with Crippen molar-refractivity contribution in [2.24, 2.45) is 0 Å². The van der Waals surface area contributed by atoms with E-state index in [1.807, 2.05) is 19.1 Å². The van der Waals surface area contributed by atoms with Gasteiger partial charge >= 0.3 is 0 Å². The third-order valence-electron chi connectivity index (χ3n) is 7.72. The third-order valence-corrected chi connectivity index (χ3v) is 9.75. The monoisotopic (exact) mass is 490 g/mol. The number of hydrogen-bond donors (Lipinski definition) is 1. The first-order valence-corrected chi connectivity index (χ1v) is 13.9. The molecule has 2 aliphatic rings. The molecule has 0 radical (unpaired) electrons. The van der Waals surface area contributed by atoms with E-state index in [-0.39, 0.29) is 24.6 Å². The Balaban J connectivity index is 1.43. The van der Waals surface area contributed by atoms with E-state index < -0.39 is 10.0 Å². The van der Waals surface area contributed by atoms with Gasteiger partial charge < -0.3 is 5.11 Å². The zero-order chi connectivity index (χ0) is 24.6. The molecule has 0 spiro atoms. The summed E-state index contributed by atoms with van der Waals surface area (Å²) in [6.07, 6.45) is 1.74. The Morgan fingerprint density at radius 3 is 2.14 bits per heavy atom. The van der Waals surface area contributed by atoms with Gasteiger partial charge in [0, 0.05) is 31.1 Å². The maximum absolute atomic E-state index is 13.6. The molecular formula is C29H34N2O3S. The Morgan fingerprint density at radius 1 is 0.857 bits per heavy atom. The largest absolute Gasteiger partial charge is 0.395 e. The molecule has 3 atom stereocenters. The number of aliphatic hydroxyl groups excluding tert-OH is 1. The summed E-state index contributed by atoms with van der Waals surface area (Å²) in [5.74, 6) is 0.0970. The van der Waals surface area contributed by atoms with Crippen molar-refractivity contribution in [2.45, 2.75) is 49.6 Å². The van der Waals surface area contributed by atoms with Gasteiger partial charge in [0.05, 0.1) is 11.5 Å². The van der Waals surface area contributed by atoms with Crippen LogP contribution in [0.5, 0.6) is 0 Å². The van der Waals surface area contributed by atoms with Crippen molar-refractivity contribution >= 4 is 10.0 Å². The summed E-state index contributed by atoms with van der Waals surface area (Å²) in [5, 5.41) is 10.2. The predicted molar refractivity (Wildman–Crippen MR) is 140 cm³/mol. The van der Waals surface area contributed by atoms with Crippen molar-refractivity contribution in [1.29, 1.82) is 0 Å². The second-order valence-corrected chi connectivity index (χ2v) is 11.8. The normalized spacial score (nSPS) is 23.7. The van der Waals surface area contributed by atoms with Crippen molar-refractivity contribution in [3.05, 3.63) is 89.5 Å². The Morgan fingerprint density at radius 2 is 1.49 bits per heavy atom. The van der Waals surface area contributed by atoms with Crippen LogP contribution in [-0.2, 0) is 10.0 Å². The van der Waals surface area contributed by atoms with Gasteiger partial charge in [-0.2, -0.15) is 4.31 Å². The average Bonchev–Trinajstić information content (AvgIpc) is 2.84. The first-order valence-electron chi connectivity index (χ1n) is 12.5. The molecule has 0 aliphatic carbocycles. The third kappa shape index (κ3) is 4.56. The van der Waals surface area contributed by atoms with Gasteiger partial charge in [-0.05, 0) is 61.6 Å². The highest BCUT2D eigenvalue weighted by Gasteiger charge is 2.50. The number of nitrogens with zero attached hydrogens (tertiary/aromatic N) is 2. The van der Waals surface area contributed by atoms with Gasteiger partial charge in [0.25, 0.3) is 0 Å². The second-order valence-electron chi connectivity index (χ2n) is 9.90. The fourth-order valence-corrected chi connectivity index (χ4v) is 7.48. The molecule has 2 fully saturated rings. The van der Waals surface area contributed by atoms with E-state index in [9.17, 15) is 13.5 Å². The average molecular weight is 491 g/mol. The number of aliphatic hydroxyl groups is 1. The Labute approximate surface area is 209 Å². The van der Waals surface area contributed by atoms with E-state index in [1.54, 1.807) is 16.4 Å². The number of sulfonamides is 1. The Hall–Kier alpha value is -2.51. The highest BCUT2D eigenvalue weighted by atomic mass is 32.2. The zero-order valence-electron chi connectivity index (χ0n) is 20.5. The van der Waals surface area contributed by atoms with Crippen LogP contribution in [0.1, 0.15) is 35.4 Å². The van der Waals surface area contributed by atoms with Crippen LogP contribution >= 0.6 is 0 Å². The number of rotatable bonds is 5. The maximum atomic E-state index is 13.6. The van der Waals surface area contributed by atoms with E-state index >= 15 is 0 Å². The molecule has 0 amide bonds. The molecule has 5 nitrogen and oxygen atoms in total. The molecule has 6 heteroatoms. The SMILES string of the molecule is Cc1ccc(-c2ccc([C@@H]3[C@H](CO)N4CCCCN(S(=O)(=O)c5ccccc5C)C[C@@H]34)cc2)cc1. The van der Waals surface area contributed by atoms with E-state index in [0.717, 1.165) is 36.1 Å². The summed E-state index contributed by atoms with van der Waals surface area (Å²) in [5.41, 5.74) is 5.51. The minimum atomic E-state index is -3.59. The van der Waals surface area contributed by atoms with Crippen LogP contribution in [0, 0.1) is 13.8 Å². The smallest absolute Gasteiger partial charge is 0.243 e. The molecule has 2 saturated heterocycles. The molecule has 0 bridgehead atoms. The molecule has 1 N–H and O–H groups in total. The number of benzene rings is 3. The summed E-state index contributed by atoms with van der Waals surface area (Å²) < 4.78 is 28.9. The van der Waals surface area contributed by atoms with Gasteiger partial charge in [0.1, 0.15) is 0 Å². The number of fused-ring (bicyclic) bond motifs is 1. The zero-order valence-corrected chi connectivity index (χ0v) is 21.3. The van der Waals surface area contributed by atoms with Crippen molar-refractivity contribution in [1.82, 2.24) is 9.21 Å². The molecule has 2 aliphatic heterocycles. The lowest BCUT2D eigenvalue weighted by Crippen LogP contribution is -2.67. The lowest BCUT2D eigenvalue weighted by Gasteiger charge is -2.57. The molecule has 3 aromatic rings. The van der Waals surface area contributed by atoms with Gasteiger partial charge in [-0.15, -0.1) is 0 Å². The van der Waals surface area contributed by atoms with Gasteiger partial charge in [-0.25, -0.2) is 8.42 Å². The Bertz CT molecular complexity index is 1270. The lowest BCUT2D eigenvalue weighted by atomic mass is 9.74. The van der Waals surface area contributed by atoms with E-state index in [1.165, 1.54) is 11.1 Å². The van der Waals surface area contributed by atoms with Crippen LogP contribution in [0.2, 0.25) is 0 Å². The summed E-state index contributed by atoms with van der Waals surface area (Å²) in [4.78, 5) is 2.71. The number of hydrogen-bond acceptors (Lipinski definition) is 4. The van der Waals surface area contributed by atoms with E-state index in [2.05, 4.69) is 60.4 Å². The summed E-state index contributed by atoms with van der Waals surface area (Å²) in [6, 6.07) is 24.4. The molecule has 184 valence electrons. The van der Waals surface area contributed by atoms with Crippen LogP contribution in [0.25, 0.3) is 11.1 Å². The van der Waals surface area contributed by atoms with E-state index in [0.29, 0.717) is 18.0 Å². The van der Waals surface area contributed by atoms with Crippen molar-refractivity contribution < 1.29 is 13.5 Å². The van der Waals surface area contributed by atoms with Crippen molar-refractivity contribution in [2.75, 3.05) is 26.2 Å². The maximum Gasteiger partial charge on any atom is 0.243 e. The second kappa shape index (κ2) is 9.86. The molecule has 2 heterocycles. The topological polar surface area (TPSA) is 60.9 Å². The van der Waals surface area contributed by atoms with E-state index in [4.69, 9.17) is 0 Å². The van der Waals surface area contributed by atoms with Gasteiger partial charge in [-0.3, -0.25) is 4.90 Å². The molecule has 0 aromatic heterocycles. The highest BCUT2D eigenvalue weighted by Crippen LogP contribution is 2.43. The van der Waals surface area contributed by atoms with Crippen LogP contribution in [-0.4, -0.2) is 61.1 Å². The molecule has 35 heavy (non-hydrogen) atoms. The van der Waals surface area contributed by atoms with Crippen molar-refractivity contribution in [3.8, 4) is 11.1 Å². The van der Waals surface area contributed by atoms with Gasteiger partial charge in [-0.1, -0.05) is 72.3 Å². The van der Waals surface area contributed by atoms with Crippen LogP contribution < -0.4 is 0 Å². The van der Waals surface area contributed by atoms with Gasteiger partial charge in [0.15, 0.2) is 0 Å². The first-order chi connectivity index (χ1) is 16.9. The predicted octanol–water partition coefficient (Wildman–Crippen LogP) is 4.58. The molecular weight excluding hydrogens is 456 g/mol. The fourth-order valence-electron chi connectivity index (χ4n) is 5.76. The first kappa shape index (κ1) is 24.2. The molecule has 0 saturated carbocycles. The molecule has 0 unspecified atom stereocenters. The van der Waals surface area contributed by atoms with Gasteiger partial charge in [0.2, 0.25) is 10.0 Å². The highest BCUT2D eigenvalue weighted by molar-refractivity contribution is 7.89. The minimum absolute atomic E-state index is 0.0198. The van der Waals surface area contributed by atoms with Crippen LogP contribution in [0.3, 0.4) is 0 Å². The molecule has 3 aromatic carbocycles. The number of aryl methyl sites for hydroxylation is 2. The summed E-state index contributed by atoms with van der Waals surface area (Å²) in [7, 11) is -3.59. The summed E-state index contributed by atoms with van der Waals surface area (Å²) in [6.45, 7) is 5.88. The minimum Gasteiger partial charge on any atom is -0.395 e. The van der Waals surface area contributed by atoms with Crippen LogP contribution in [0.15, 0.2) is 77.7 Å². The Kier molecular flexibility index (Phi) is 6.82. The van der Waals surface area contributed by atoms with Crippen molar-refractivity contribution in [3.63, 3.8) is 0 Å². The van der Waals surface area contributed by atoms with Crippen LogP contribution in [0.4, 0.5) is 0 Å². The quantitative estimate of drug-likeness (QED) is 0.569. The molecule has 5 rings (SSSR count). The summed E-state index contributed by atoms with van der Waals surface area (Å²) >= 11 is 0.